The Morgan fingerprint density at radius 2 is 1.32 bits per heavy atom. The van der Waals surface area contributed by atoms with Crippen LogP contribution in [-0.2, 0) is 0 Å². The van der Waals surface area contributed by atoms with Gasteiger partial charge in [0.1, 0.15) is 0 Å². The van der Waals surface area contributed by atoms with Gasteiger partial charge in [-0.15, -0.1) is 0 Å². The molecule has 0 fully saturated rings. The summed E-state index contributed by atoms with van der Waals surface area (Å²) in [7, 11) is 0. The van der Waals surface area contributed by atoms with Crippen molar-refractivity contribution < 1.29 is 0 Å². The molecule has 0 saturated heterocycles. The van der Waals surface area contributed by atoms with E-state index in [0.29, 0.717) is 0 Å². The van der Waals surface area contributed by atoms with E-state index in [1.54, 1.807) is 0 Å². The van der Waals surface area contributed by atoms with Gasteiger partial charge in [0.25, 0.3) is 0 Å². The second-order valence-electron chi connectivity index (χ2n) is 6.97. The maximum Gasteiger partial charge on any atom is 0.206 e. The Morgan fingerprint density at radius 1 is 0.750 bits per heavy atom. The lowest BCUT2D eigenvalue weighted by molar-refractivity contribution is 0.570. The predicted octanol–water partition coefficient (Wildman–Crippen LogP) is 4.79. The summed E-state index contributed by atoms with van der Waals surface area (Å²) in [6.07, 6.45) is 0. The minimum absolute atomic E-state index is 0.0420. The first-order valence-electron chi connectivity index (χ1n) is 9.41. The first kappa shape index (κ1) is 16.5. The third kappa shape index (κ3) is 2.79. The number of hydrogen-bond donors (Lipinski definition) is 2. The lowest BCUT2D eigenvalue weighted by atomic mass is 9.94. The molecule has 0 bridgehead atoms. The molecule has 136 valence electrons. The van der Waals surface area contributed by atoms with Gasteiger partial charge in [0.15, 0.2) is 5.49 Å². The van der Waals surface area contributed by atoms with E-state index in [1.165, 1.54) is 11.1 Å². The number of benzene rings is 3. The Hall–Kier alpha value is -3.66. The second kappa shape index (κ2) is 6.82. The van der Waals surface area contributed by atoms with Gasteiger partial charge < -0.3 is 9.88 Å². The molecule has 4 heteroatoms. The fraction of sp³-hybridized carbons (Fsp3) is 0.0833. The summed E-state index contributed by atoms with van der Waals surface area (Å²) in [4.78, 5) is 4.51. The van der Waals surface area contributed by atoms with Crippen LogP contribution in [0.25, 0.3) is 11.3 Å². The molecule has 0 radical (unpaired) electrons. The lowest BCUT2D eigenvalue weighted by Gasteiger charge is -2.24. The van der Waals surface area contributed by atoms with Gasteiger partial charge in [-0.2, -0.15) is 4.98 Å². The molecule has 4 nitrogen and oxygen atoms in total. The van der Waals surface area contributed by atoms with Gasteiger partial charge in [-0.25, -0.2) is 0 Å². The molecule has 3 aromatic carbocycles. The largest absolute Gasteiger partial charge is 0.346 e. The van der Waals surface area contributed by atoms with Crippen molar-refractivity contribution in [2.24, 2.45) is 0 Å². The zero-order chi connectivity index (χ0) is 18.9. The van der Waals surface area contributed by atoms with E-state index in [2.05, 4.69) is 75.5 Å². The van der Waals surface area contributed by atoms with Crippen LogP contribution in [0.1, 0.15) is 23.2 Å². The molecule has 28 heavy (non-hydrogen) atoms. The number of anilines is 1. The highest BCUT2D eigenvalue weighted by Gasteiger charge is 2.36. The van der Waals surface area contributed by atoms with Crippen LogP contribution in [0.3, 0.4) is 0 Å². The number of nitrogens with one attached hydrogen (secondary N) is 2. The Bertz CT molecular complexity index is 1150. The molecule has 1 aliphatic heterocycles. The highest BCUT2D eigenvalue weighted by atomic mass is 15.3. The van der Waals surface area contributed by atoms with Crippen molar-refractivity contribution in [3.05, 3.63) is 114 Å². The summed E-state index contributed by atoms with van der Waals surface area (Å²) < 4.78 is 2.24. The Balaban J connectivity index is 1.76. The molecule has 0 saturated carbocycles. The zero-order valence-electron chi connectivity index (χ0n) is 15.3. The van der Waals surface area contributed by atoms with E-state index in [-0.39, 0.29) is 17.6 Å². The monoisotopic (exact) mass is 364 g/mol. The third-order valence-corrected chi connectivity index (χ3v) is 5.24. The normalized spacial score (nSPS) is 17.7. The fourth-order valence-electron chi connectivity index (χ4n) is 4.01. The van der Waals surface area contributed by atoms with E-state index in [0.717, 1.165) is 17.2 Å². The summed E-state index contributed by atoms with van der Waals surface area (Å²) in [5, 5.41) is 11.8. The van der Waals surface area contributed by atoms with Crippen molar-refractivity contribution in [1.29, 1.82) is 5.41 Å². The standard InChI is InChI=1S/C24H20N4/c25-21-16-20(17-10-4-1-5-11-17)28-23(19-14-8-3-9-15-19)22(27-24(28)26-21)18-12-6-2-7-13-18/h1-16,22-23H,(H2,25,26,27). The average molecular weight is 364 g/mol. The molecule has 1 aromatic heterocycles. The van der Waals surface area contributed by atoms with Crippen molar-refractivity contribution in [2.75, 3.05) is 5.32 Å². The van der Waals surface area contributed by atoms with Crippen LogP contribution in [-0.4, -0.2) is 9.55 Å². The van der Waals surface area contributed by atoms with Crippen molar-refractivity contribution >= 4 is 5.95 Å². The van der Waals surface area contributed by atoms with E-state index in [1.807, 2.05) is 36.4 Å². The Labute approximate surface area is 163 Å². The summed E-state index contributed by atoms with van der Waals surface area (Å²) in [6.45, 7) is 0. The molecule has 2 unspecified atom stereocenters. The maximum absolute atomic E-state index is 8.23. The van der Waals surface area contributed by atoms with Gasteiger partial charge in [-0.3, -0.25) is 5.41 Å². The SMILES string of the molecule is N=c1cc(-c2ccccc2)n2c(n1)NC(c1ccccc1)C2c1ccccc1. The van der Waals surface area contributed by atoms with Crippen LogP contribution < -0.4 is 10.8 Å². The number of fused-ring (bicyclic) bond motifs is 1. The van der Waals surface area contributed by atoms with Crippen LogP contribution in [0, 0.1) is 5.41 Å². The topological polar surface area (TPSA) is 53.7 Å². The molecule has 0 aliphatic carbocycles. The van der Waals surface area contributed by atoms with Gasteiger partial charge in [-0.05, 0) is 16.7 Å². The van der Waals surface area contributed by atoms with Gasteiger partial charge in [0.2, 0.25) is 5.95 Å². The molecule has 0 amide bonds. The van der Waals surface area contributed by atoms with Crippen molar-refractivity contribution in [3.8, 4) is 11.3 Å². The van der Waals surface area contributed by atoms with E-state index in [9.17, 15) is 0 Å². The van der Waals surface area contributed by atoms with Crippen LogP contribution in [0.15, 0.2) is 97.1 Å². The van der Waals surface area contributed by atoms with Gasteiger partial charge >= 0.3 is 0 Å². The summed E-state index contributed by atoms with van der Waals surface area (Å²) >= 11 is 0. The summed E-state index contributed by atoms with van der Waals surface area (Å²) in [5.41, 5.74) is 4.75. The third-order valence-electron chi connectivity index (χ3n) is 5.24. The average Bonchev–Trinajstić information content (AvgIpc) is 3.14. The first-order chi connectivity index (χ1) is 13.8. The van der Waals surface area contributed by atoms with E-state index < -0.39 is 0 Å². The molecule has 2 N–H and O–H groups in total. The molecular formula is C24H20N4. The number of rotatable bonds is 3. The van der Waals surface area contributed by atoms with Crippen molar-refractivity contribution in [1.82, 2.24) is 9.55 Å². The number of nitrogens with zero attached hydrogens (tertiary/aromatic N) is 2. The molecule has 4 aromatic rings. The highest BCUT2D eigenvalue weighted by molar-refractivity contribution is 5.63. The molecule has 2 atom stereocenters. The number of aromatic nitrogens is 2. The minimum Gasteiger partial charge on any atom is -0.346 e. The number of hydrogen-bond acceptors (Lipinski definition) is 3. The van der Waals surface area contributed by atoms with E-state index in [4.69, 9.17) is 5.41 Å². The van der Waals surface area contributed by atoms with Gasteiger partial charge in [0, 0.05) is 6.07 Å². The zero-order valence-corrected chi connectivity index (χ0v) is 15.3. The molecular weight excluding hydrogens is 344 g/mol. The summed E-state index contributed by atoms with van der Waals surface area (Å²) in [6, 6.07) is 33.1. The predicted molar refractivity (Wildman–Crippen MR) is 111 cm³/mol. The fourth-order valence-corrected chi connectivity index (χ4v) is 4.01. The Morgan fingerprint density at radius 3 is 1.96 bits per heavy atom. The van der Waals surface area contributed by atoms with Crippen LogP contribution in [0.5, 0.6) is 0 Å². The van der Waals surface area contributed by atoms with Crippen molar-refractivity contribution in [2.45, 2.75) is 12.1 Å². The first-order valence-corrected chi connectivity index (χ1v) is 9.41. The smallest absolute Gasteiger partial charge is 0.206 e. The quantitative estimate of drug-likeness (QED) is 0.549. The van der Waals surface area contributed by atoms with Crippen molar-refractivity contribution in [3.63, 3.8) is 0 Å². The van der Waals surface area contributed by atoms with E-state index >= 15 is 0 Å². The highest BCUT2D eigenvalue weighted by Crippen LogP contribution is 2.43. The van der Waals surface area contributed by atoms with Crippen LogP contribution in [0.2, 0.25) is 0 Å². The molecule has 2 heterocycles. The molecule has 5 rings (SSSR count). The lowest BCUT2D eigenvalue weighted by Crippen LogP contribution is -2.17. The van der Waals surface area contributed by atoms with Crippen LogP contribution >= 0.6 is 0 Å². The Kier molecular flexibility index (Phi) is 4.02. The molecule has 1 aliphatic rings. The summed E-state index contributed by atoms with van der Waals surface area (Å²) in [5.74, 6) is 0.731. The van der Waals surface area contributed by atoms with Crippen LogP contribution in [0.4, 0.5) is 5.95 Å². The van der Waals surface area contributed by atoms with Gasteiger partial charge in [0.05, 0.1) is 17.8 Å². The molecule has 0 spiro atoms. The second-order valence-corrected chi connectivity index (χ2v) is 6.97. The minimum atomic E-state index is 0.0420. The maximum atomic E-state index is 8.23. The van der Waals surface area contributed by atoms with Gasteiger partial charge in [-0.1, -0.05) is 91.0 Å².